The van der Waals surface area contributed by atoms with Crippen LogP contribution in [-0.2, 0) is 25.6 Å². The van der Waals surface area contributed by atoms with Gasteiger partial charge in [-0.05, 0) is 36.8 Å². The molecule has 1 heterocycles. The molecule has 1 aromatic carbocycles. The number of nitrogens with one attached hydrogen (secondary N) is 2. The highest BCUT2D eigenvalue weighted by molar-refractivity contribution is 7.98. The molecule has 3 atom stereocenters. The van der Waals surface area contributed by atoms with Crippen LogP contribution >= 0.6 is 11.8 Å². The molecule has 31 heavy (non-hydrogen) atoms. The SMILES string of the molecule is CSCCC(N)C(=O)N1CCCC1C(=O)NC(Cc1ccccc1)C(=O)NCC(=O)O. The smallest absolute Gasteiger partial charge is 0.322 e. The summed E-state index contributed by atoms with van der Waals surface area (Å²) < 4.78 is 0. The van der Waals surface area contributed by atoms with Crippen LogP contribution in [0.15, 0.2) is 30.3 Å². The highest BCUT2D eigenvalue weighted by Crippen LogP contribution is 2.19. The summed E-state index contributed by atoms with van der Waals surface area (Å²) >= 11 is 1.60. The van der Waals surface area contributed by atoms with Gasteiger partial charge in [-0.25, -0.2) is 0 Å². The summed E-state index contributed by atoms with van der Waals surface area (Å²) in [6.07, 6.45) is 3.83. The summed E-state index contributed by atoms with van der Waals surface area (Å²) in [6, 6.07) is 6.78. The van der Waals surface area contributed by atoms with E-state index in [0.717, 1.165) is 11.3 Å². The van der Waals surface area contributed by atoms with E-state index in [1.807, 2.05) is 36.6 Å². The average Bonchev–Trinajstić information content (AvgIpc) is 3.25. The first-order chi connectivity index (χ1) is 14.8. The van der Waals surface area contributed by atoms with Crippen molar-refractivity contribution in [3.05, 3.63) is 35.9 Å². The van der Waals surface area contributed by atoms with Gasteiger partial charge in [0.15, 0.2) is 0 Å². The molecule has 170 valence electrons. The number of amides is 3. The van der Waals surface area contributed by atoms with Gasteiger partial charge < -0.3 is 26.4 Å². The number of thioether (sulfide) groups is 1. The van der Waals surface area contributed by atoms with Gasteiger partial charge in [0.25, 0.3) is 0 Å². The van der Waals surface area contributed by atoms with Gasteiger partial charge in [-0.15, -0.1) is 0 Å². The van der Waals surface area contributed by atoms with Gasteiger partial charge in [-0.2, -0.15) is 11.8 Å². The standard InChI is InChI=1S/C21H30N4O5S/c1-31-11-9-15(22)21(30)25-10-5-8-17(25)20(29)24-16(19(28)23-13-18(26)27)12-14-6-3-2-4-7-14/h2-4,6-7,15-17H,5,8-13,22H2,1H3,(H,23,28)(H,24,29)(H,26,27). The molecule has 1 aromatic rings. The topological polar surface area (TPSA) is 142 Å². The molecule has 2 rings (SSSR count). The summed E-state index contributed by atoms with van der Waals surface area (Å²) in [7, 11) is 0. The lowest BCUT2D eigenvalue weighted by molar-refractivity contribution is -0.141. The number of carboxylic acid groups (broad SMARTS) is 1. The van der Waals surface area contributed by atoms with Crippen LogP contribution in [0.2, 0.25) is 0 Å². The van der Waals surface area contributed by atoms with Crippen molar-refractivity contribution in [2.24, 2.45) is 5.73 Å². The van der Waals surface area contributed by atoms with Gasteiger partial charge in [0.1, 0.15) is 18.6 Å². The van der Waals surface area contributed by atoms with Crippen LogP contribution in [0.5, 0.6) is 0 Å². The van der Waals surface area contributed by atoms with Gasteiger partial charge in [0, 0.05) is 13.0 Å². The van der Waals surface area contributed by atoms with E-state index in [9.17, 15) is 19.2 Å². The van der Waals surface area contributed by atoms with Crippen LogP contribution in [0.4, 0.5) is 0 Å². The molecule has 5 N–H and O–H groups in total. The number of carboxylic acids is 1. The summed E-state index contributed by atoms with van der Waals surface area (Å²) in [4.78, 5) is 50.6. The Balaban J connectivity index is 2.08. The number of carbonyl (C=O) groups excluding carboxylic acids is 3. The van der Waals surface area contributed by atoms with Gasteiger partial charge in [-0.1, -0.05) is 30.3 Å². The molecule has 0 bridgehead atoms. The zero-order chi connectivity index (χ0) is 22.8. The highest BCUT2D eigenvalue weighted by Gasteiger charge is 2.37. The second-order valence-corrected chi connectivity index (χ2v) is 8.43. The summed E-state index contributed by atoms with van der Waals surface area (Å²) in [5.74, 6) is -1.71. The number of carbonyl (C=O) groups is 4. The van der Waals surface area contributed by atoms with E-state index < -0.39 is 42.5 Å². The maximum Gasteiger partial charge on any atom is 0.322 e. The molecule has 10 heteroatoms. The fraction of sp³-hybridized carbons (Fsp3) is 0.524. The number of rotatable bonds is 11. The summed E-state index contributed by atoms with van der Waals surface area (Å²) in [5, 5.41) is 13.9. The normalized spacial score (nSPS) is 17.6. The van der Waals surface area contributed by atoms with Crippen molar-refractivity contribution in [1.29, 1.82) is 0 Å². The number of aliphatic carboxylic acids is 1. The molecule has 3 amide bonds. The van der Waals surface area contributed by atoms with E-state index in [-0.39, 0.29) is 12.3 Å². The Labute approximate surface area is 186 Å². The van der Waals surface area contributed by atoms with Crippen molar-refractivity contribution in [3.8, 4) is 0 Å². The van der Waals surface area contributed by atoms with Gasteiger partial charge >= 0.3 is 5.97 Å². The summed E-state index contributed by atoms with van der Waals surface area (Å²) in [5.41, 5.74) is 6.83. The maximum atomic E-state index is 13.0. The zero-order valence-corrected chi connectivity index (χ0v) is 18.4. The van der Waals surface area contributed by atoms with Gasteiger partial charge in [0.05, 0.1) is 6.04 Å². The molecule has 9 nitrogen and oxygen atoms in total. The average molecular weight is 451 g/mol. The van der Waals surface area contributed by atoms with Crippen LogP contribution in [0.1, 0.15) is 24.8 Å². The Kier molecular flexibility index (Phi) is 9.80. The second kappa shape index (κ2) is 12.3. The number of benzene rings is 1. The largest absolute Gasteiger partial charge is 0.480 e. The fourth-order valence-corrected chi connectivity index (χ4v) is 3.99. The van der Waals surface area contributed by atoms with E-state index in [1.165, 1.54) is 4.90 Å². The Morgan fingerprint density at radius 1 is 1.26 bits per heavy atom. The molecule has 0 saturated carbocycles. The van der Waals surface area contributed by atoms with Crippen LogP contribution in [0, 0.1) is 0 Å². The lowest BCUT2D eigenvalue weighted by Crippen LogP contribution is -2.56. The first kappa shape index (κ1) is 24.7. The number of hydrogen-bond acceptors (Lipinski definition) is 6. The van der Waals surface area contributed by atoms with Crippen molar-refractivity contribution < 1.29 is 24.3 Å². The number of nitrogens with two attached hydrogens (primary N) is 1. The third kappa shape index (κ3) is 7.55. The Morgan fingerprint density at radius 3 is 2.61 bits per heavy atom. The second-order valence-electron chi connectivity index (χ2n) is 7.44. The monoisotopic (exact) mass is 450 g/mol. The van der Waals surface area contributed by atoms with Gasteiger partial charge in [-0.3, -0.25) is 19.2 Å². The van der Waals surface area contributed by atoms with Crippen molar-refractivity contribution in [2.75, 3.05) is 25.1 Å². The lowest BCUT2D eigenvalue weighted by Gasteiger charge is -2.28. The Hall–Kier alpha value is -2.59. The molecule has 3 unspecified atom stereocenters. The molecule has 0 radical (unpaired) electrons. The molecular weight excluding hydrogens is 420 g/mol. The van der Waals surface area contributed by atoms with E-state index in [0.29, 0.717) is 25.8 Å². The van der Waals surface area contributed by atoms with E-state index in [4.69, 9.17) is 10.8 Å². The minimum absolute atomic E-state index is 0.200. The molecular formula is C21H30N4O5S. The minimum Gasteiger partial charge on any atom is -0.480 e. The quantitative estimate of drug-likeness (QED) is 0.371. The molecule has 1 aliphatic rings. The van der Waals surface area contributed by atoms with Crippen LogP contribution in [-0.4, -0.2) is 76.9 Å². The van der Waals surface area contributed by atoms with Crippen molar-refractivity contribution in [1.82, 2.24) is 15.5 Å². The lowest BCUT2D eigenvalue weighted by atomic mass is 10.0. The molecule has 0 spiro atoms. The van der Waals surface area contributed by atoms with Gasteiger partial charge in [0.2, 0.25) is 17.7 Å². The van der Waals surface area contributed by atoms with Crippen LogP contribution in [0.3, 0.4) is 0 Å². The predicted octanol–water partition coefficient (Wildman–Crippen LogP) is -0.0139. The highest BCUT2D eigenvalue weighted by atomic mass is 32.2. The minimum atomic E-state index is -1.18. The van der Waals surface area contributed by atoms with E-state index in [1.54, 1.807) is 11.8 Å². The molecule has 1 fully saturated rings. The van der Waals surface area contributed by atoms with Crippen molar-refractivity contribution >= 4 is 35.5 Å². The third-order valence-electron chi connectivity index (χ3n) is 5.12. The summed E-state index contributed by atoms with van der Waals surface area (Å²) in [6.45, 7) is -0.100. The molecule has 0 aliphatic carbocycles. The third-order valence-corrected chi connectivity index (χ3v) is 5.76. The van der Waals surface area contributed by atoms with E-state index >= 15 is 0 Å². The molecule has 1 saturated heterocycles. The van der Waals surface area contributed by atoms with Crippen LogP contribution < -0.4 is 16.4 Å². The predicted molar refractivity (Wildman–Crippen MR) is 118 cm³/mol. The fourth-order valence-electron chi connectivity index (χ4n) is 3.50. The van der Waals surface area contributed by atoms with E-state index in [2.05, 4.69) is 10.6 Å². The number of likely N-dealkylation sites (tertiary alicyclic amines) is 1. The first-order valence-corrected chi connectivity index (χ1v) is 11.6. The Bertz CT molecular complexity index is 776. The first-order valence-electron chi connectivity index (χ1n) is 10.2. The number of hydrogen-bond donors (Lipinski definition) is 4. The van der Waals surface area contributed by atoms with Crippen molar-refractivity contribution in [2.45, 2.75) is 43.8 Å². The number of nitrogens with zero attached hydrogens (tertiary/aromatic N) is 1. The molecule has 0 aromatic heterocycles. The maximum absolute atomic E-state index is 13.0. The van der Waals surface area contributed by atoms with Crippen molar-refractivity contribution in [3.63, 3.8) is 0 Å². The van der Waals surface area contributed by atoms with Crippen LogP contribution in [0.25, 0.3) is 0 Å². The Morgan fingerprint density at radius 2 is 1.97 bits per heavy atom. The molecule has 1 aliphatic heterocycles. The zero-order valence-electron chi connectivity index (χ0n) is 17.6.